The first-order chi connectivity index (χ1) is 12.6. The van der Waals surface area contributed by atoms with Crippen LogP contribution in [0.15, 0.2) is 87.2 Å². The first-order valence-electron chi connectivity index (χ1n) is 8.05. The number of nitrogens with zero attached hydrogens (tertiary/aromatic N) is 1. The van der Waals surface area contributed by atoms with Crippen LogP contribution in [0.2, 0.25) is 0 Å². The highest BCUT2D eigenvalue weighted by Gasteiger charge is 2.12. The molecule has 0 amide bonds. The normalized spacial score (nSPS) is 11.2. The summed E-state index contributed by atoms with van der Waals surface area (Å²) in [7, 11) is 0. The Bertz CT molecular complexity index is 1070. The summed E-state index contributed by atoms with van der Waals surface area (Å²) < 4.78 is 30.1. The Morgan fingerprint density at radius 3 is 2.31 bits per heavy atom. The zero-order chi connectivity index (χ0) is 18.1. The van der Waals surface area contributed by atoms with Gasteiger partial charge in [0.05, 0.1) is 0 Å². The molecule has 0 unspecified atom stereocenters. The fraction of sp³-hybridized carbons (Fsp3) is 0.0476. The minimum absolute atomic E-state index is 0.408. The Kier molecular flexibility index (Phi) is 4.83. The molecule has 0 aliphatic carbocycles. The molecule has 0 saturated carbocycles. The predicted molar refractivity (Wildman–Crippen MR) is 106 cm³/mol. The van der Waals surface area contributed by atoms with E-state index in [-0.39, 0.29) is 0 Å². The van der Waals surface area contributed by atoms with Gasteiger partial charge in [-0.25, -0.2) is 8.78 Å². The molecular weight excluding hydrogens is 416 g/mol. The van der Waals surface area contributed by atoms with Gasteiger partial charge >= 0.3 is 0 Å². The van der Waals surface area contributed by atoms with Crippen LogP contribution in [-0.4, -0.2) is 4.57 Å². The molecule has 0 atom stereocenters. The van der Waals surface area contributed by atoms with E-state index in [1.165, 1.54) is 12.1 Å². The van der Waals surface area contributed by atoms with Crippen LogP contribution in [0.3, 0.4) is 0 Å². The van der Waals surface area contributed by atoms with Gasteiger partial charge in [0.15, 0.2) is 0 Å². The van der Waals surface area contributed by atoms with Gasteiger partial charge in [0.25, 0.3) is 0 Å². The van der Waals surface area contributed by atoms with Crippen molar-refractivity contribution in [3.8, 4) is 0 Å². The Hall–Kier alpha value is -2.11. The van der Waals surface area contributed by atoms with Crippen molar-refractivity contribution in [1.29, 1.82) is 0 Å². The first-order valence-corrected chi connectivity index (χ1v) is 9.66. The summed E-state index contributed by atoms with van der Waals surface area (Å²) in [5.41, 5.74) is 1.63. The lowest BCUT2D eigenvalue weighted by atomic mass is 10.2. The van der Waals surface area contributed by atoms with Crippen LogP contribution < -0.4 is 0 Å². The molecule has 0 saturated heterocycles. The second-order valence-electron chi connectivity index (χ2n) is 5.95. The molecule has 0 aliphatic rings. The summed E-state index contributed by atoms with van der Waals surface area (Å²) in [6.45, 7) is 0.408. The molecule has 0 aliphatic heterocycles. The average Bonchev–Trinajstić information content (AvgIpc) is 2.94. The van der Waals surface area contributed by atoms with Gasteiger partial charge in [0.1, 0.15) is 11.6 Å². The number of aromatic nitrogens is 1. The molecule has 1 heterocycles. The summed E-state index contributed by atoms with van der Waals surface area (Å²) in [6, 6.07) is 19.8. The van der Waals surface area contributed by atoms with Crippen LogP contribution >= 0.6 is 27.7 Å². The molecular formula is C21H14BrF2NS. The number of hydrogen-bond donors (Lipinski definition) is 0. The zero-order valence-electron chi connectivity index (χ0n) is 13.6. The third-order valence-corrected chi connectivity index (χ3v) is 6.16. The van der Waals surface area contributed by atoms with Crippen LogP contribution in [0.5, 0.6) is 0 Å². The van der Waals surface area contributed by atoms with Crippen molar-refractivity contribution in [2.75, 3.05) is 0 Å². The Morgan fingerprint density at radius 1 is 0.846 bits per heavy atom. The molecule has 0 radical (unpaired) electrons. The number of benzene rings is 3. The molecule has 0 N–H and O–H groups in total. The number of fused-ring (bicyclic) bond motifs is 1. The van der Waals surface area contributed by atoms with E-state index < -0.39 is 11.6 Å². The number of rotatable bonds is 4. The van der Waals surface area contributed by atoms with E-state index in [1.54, 1.807) is 11.8 Å². The van der Waals surface area contributed by atoms with E-state index in [0.717, 1.165) is 31.2 Å². The van der Waals surface area contributed by atoms with Gasteiger partial charge in [-0.1, -0.05) is 42.1 Å². The largest absolute Gasteiger partial charge is 0.342 e. The number of halogens is 3. The van der Waals surface area contributed by atoms with Gasteiger partial charge in [0, 0.05) is 44.0 Å². The highest BCUT2D eigenvalue weighted by molar-refractivity contribution is 9.10. The van der Waals surface area contributed by atoms with Crippen LogP contribution in [-0.2, 0) is 6.54 Å². The van der Waals surface area contributed by atoms with Crippen molar-refractivity contribution < 1.29 is 8.78 Å². The standard InChI is InChI=1S/C21H14BrF2NS/c22-18-6-2-4-8-20(18)26-21-13-25(19-7-3-1-5-17(19)21)12-14-9-15(23)11-16(24)10-14/h1-11,13H,12H2. The van der Waals surface area contributed by atoms with Gasteiger partial charge in [0.2, 0.25) is 0 Å². The molecule has 5 heteroatoms. The summed E-state index contributed by atoms with van der Waals surface area (Å²) in [5.74, 6) is -1.11. The Morgan fingerprint density at radius 2 is 1.54 bits per heavy atom. The third kappa shape index (κ3) is 3.55. The van der Waals surface area contributed by atoms with Crippen molar-refractivity contribution in [2.45, 2.75) is 16.3 Å². The van der Waals surface area contributed by atoms with Crippen LogP contribution in [0.25, 0.3) is 10.9 Å². The fourth-order valence-electron chi connectivity index (χ4n) is 2.97. The van der Waals surface area contributed by atoms with Gasteiger partial charge < -0.3 is 4.57 Å². The van der Waals surface area contributed by atoms with Gasteiger partial charge in [-0.3, -0.25) is 0 Å². The topological polar surface area (TPSA) is 4.93 Å². The molecule has 3 aromatic carbocycles. The quantitative estimate of drug-likeness (QED) is 0.342. The van der Waals surface area contributed by atoms with Gasteiger partial charge in [-0.05, 0) is 51.8 Å². The molecule has 1 aromatic heterocycles. The SMILES string of the molecule is Fc1cc(F)cc(Cn2cc(Sc3ccccc3Br)c3ccccc32)c1. The maximum absolute atomic E-state index is 13.5. The summed E-state index contributed by atoms with van der Waals surface area (Å²) in [4.78, 5) is 2.22. The molecule has 4 rings (SSSR count). The molecule has 0 fully saturated rings. The van der Waals surface area contributed by atoms with E-state index in [0.29, 0.717) is 12.1 Å². The predicted octanol–water partition coefficient (Wildman–Crippen LogP) is 6.88. The summed E-state index contributed by atoms with van der Waals surface area (Å²) in [6.07, 6.45) is 2.04. The number of para-hydroxylation sites is 1. The fourth-order valence-corrected chi connectivity index (χ4v) is 4.51. The minimum Gasteiger partial charge on any atom is -0.342 e. The maximum atomic E-state index is 13.5. The zero-order valence-corrected chi connectivity index (χ0v) is 16.0. The molecule has 0 bridgehead atoms. The lowest BCUT2D eigenvalue weighted by Gasteiger charge is -2.06. The van der Waals surface area contributed by atoms with Crippen molar-refractivity contribution in [3.05, 3.63) is 94.6 Å². The van der Waals surface area contributed by atoms with E-state index in [9.17, 15) is 8.78 Å². The van der Waals surface area contributed by atoms with E-state index in [2.05, 4.69) is 28.1 Å². The minimum atomic E-state index is -0.556. The van der Waals surface area contributed by atoms with Crippen molar-refractivity contribution in [1.82, 2.24) is 4.57 Å². The van der Waals surface area contributed by atoms with Crippen molar-refractivity contribution in [2.24, 2.45) is 0 Å². The lowest BCUT2D eigenvalue weighted by molar-refractivity contribution is 0.578. The molecule has 26 heavy (non-hydrogen) atoms. The third-order valence-electron chi connectivity index (χ3n) is 4.08. The van der Waals surface area contributed by atoms with E-state index >= 15 is 0 Å². The average molecular weight is 430 g/mol. The second kappa shape index (κ2) is 7.25. The van der Waals surface area contributed by atoms with Crippen molar-refractivity contribution in [3.63, 3.8) is 0 Å². The maximum Gasteiger partial charge on any atom is 0.126 e. The Balaban J connectivity index is 1.75. The second-order valence-corrected chi connectivity index (χ2v) is 7.89. The smallest absolute Gasteiger partial charge is 0.126 e. The lowest BCUT2D eigenvalue weighted by Crippen LogP contribution is -1.99. The first kappa shape index (κ1) is 17.3. The monoisotopic (exact) mass is 429 g/mol. The van der Waals surface area contributed by atoms with Gasteiger partial charge in [-0.15, -0.1) is 0 Å². The molecule has 130 valence electrons. The highest BCUT2D eigenvalue weighted by Crippen LogP contribution is 2.38. The van der Waals surface area contributed by atoms with E-state index in [1.807, 2.05) is 47.2 Å². The van der Waals surface area contributed by atoms with Gasteiger partial charge in [-0.2, -0.15) is 0 Å². The molecule has 0 spiro atoms. The summed E-state index contributed by atoms with van der Waals surface area (Å²) >= 11 is 5.25. The van der Waals surface area contributed by atoms with Crippen LogP contribution in [0.1, 0.15) is 5.56 Å². The molecule has 4 aromatic rings. The molecule has 1 nitrogen and oxygen atoms in total. The number of hydrogen-bond acceptors (Lipinski definition) is 1. The van der Waals surface area contributed by atoms with Crippen LogP contribution in [0.4, 0.5) is 8.78 Å². The Labute approximate surface area is 162 Å². The van der Waals surface area contributed by atoms with E-state index in [4.69, 9.17) is 0 Å². The summed E-state index contributed by atoms with van der Waals surface area (Å²) in [5, 5.41) is 1.12. The van der Waals surface area contributed by atoms with Crippen molar-refractivity contribution >= 4 is 38.6 Å². The van der Waals surface area contributed by atoms with Crippen LogP contribution in [0, 0.1) is 11.6 Å². The highest BCUT2D eigenvalue weighted by atomic mass is 79.9.